The molecule has 0 radical (unpaired) electrons. The minimum atomic E-state index is 0.724. The van der Waals surface area contributed by atoms with E-state index in [1.165, 1.54) is 16.7 Å². The Kier molecular flexibility index (Phi) is 3.70. The Hall–Kier alpha value is -2.79. The zero-order valence-electron chi connectivity index (χ0n) is 13.8. The van der Waals surface area contributed by atoms with Crippen LogP contribution in [0.25, 0.3) is 16.6 Å². The van der Waals surface area contributed by atoms with Crippen molar-refractivity contribution in [3.05, 3.63) is 70.8 Å². The number of hydrogen-bond acceptors (Lipinski definition) is 4. The molecule has 2 aromatic heterocycles. The van der Waals surface area contributed by atoms with Gasteiger partial charge in [-0.2, -0.15) is 4.52 Å². The molecule has 24 heavy (non-hydrogen) atoms. The van der Waals surface area contributed by atoms with Gasteiger partial charge in [0.2, 0.25) is 0 Å². The number of benzene rings is 2. The third-order valence-electron chi connectivity index (χ3n) is 4.45. The lowest BCUT2D eigenvalue weighted by atomic mass is 10.0. The van der Waals surface area contributed by atoms with Gasteiger partial charge in [0.05, 0.1) is 5.52 Å². The van der Waals surface area contributed by atoms with Crippen molar-refractivity contribution in [1.29, 1.82) is 0 Å². The lowest BCUT2D eigenvalue weighted by Gasteiger charge is -2.10. The number of rotatable bonds is 4. The fourth-order valence-electron chi connectivity index (χ4n) is 2.99. The van der Waals surface area contributed by atoms with Gasteiger partial charge in [-0.1, -0.05) is 30.3 Å². The normalized spacial score (nSPS) is 11.4. The SMILES string of the molecule is Cc1cc2cc(CNCc3ccccc3)c3nnnn3c2cc1C. The van der Waals surface area contributed by atoms with E-state index in [0.29, 0.717) is 0 Å². The van der Waals surface area contributed by atoms with Crippen molar-refractivity contribution in [3.8, 4) is 0 Å². The second-order valence-corrected chi connectivity index (χ2v) is 6.17. The minimum absolute atomic E-state index is 0.724. The molecule has 0 atom stereocenters. The van der Waals surface area contributed by atoms with Crippen LogP contribution in [0.1, 0.15) is 22.3 Å². The van der Waals surface area contributed by atoms with Crippen molar-refractivity contribution in [1.82, 2.24) is 25.4 Å². The predicted octanol–water partition coefficient (Wildman–Crippen LogP) is 3.18. The van der Waals surface area contributed by atoms with Gasteiger partial charge in [-0.05, 0) is 59.2 Å². The first-order valence-corrected chi connectivity index (χ1v) is 8.08. The Balaban J connectivity index is 1.69. The van der Waals surface area contributed by atoms with Gasteiger partial charge in [-0.3, -0.25) is 0 Å². The average Bonchev–Trinajstić information content (AvgIpc) is 3.08. The number of nitrogens with zero attached hydrogens (tertiary/aromatic N) is 4. The Morgan fingerprint density at radius 3 is 2.58 bits per heavy atom. The van der Waals surface area contributed by atoms with Crippen molar-refractivity contribution in [2.75, 3.05) is 0 Å². The second-order valence-electron chi connectivity index (χ2n) is 6.17. The number of aryl methyl sites for hydroxylation is 2. The maximum atomic E-state index is 4.21. The molecule has 0 saturated carbocycles. The van der Waals surface area contributed by atoms with Crippen LogP contribution in [0, 0.1) is 13.8 Å². The lowest BCUT2D eigenvalue weighted by Crippen LogP contribution is -2.13. The third-order valence-corrected chi connectivity index (χ3v) is 4.45. The molecule has 0 fully saturated rings. The van der Waals surface area contributed by atoms with Gasteiger partial charge in [0.25, 0.3) is 0 Å². The van der Waals surface area contributed by atoms with Crippen LogP contribution in [0.2, 0.25) is 0 Å². The standard InChI is InChI=1S/C19H19N5/c1-13-8-16-10-17(12-20-11-15-6-4-3-5-7-15)19-21-22-23-24(19)18(16)9-14(13)2/h3-10,20H,11-12H2,1-2H3. The van der Waals surface area contributed by atoms with Crippen LogP contribution in [-0.4, -0.2) is 20.0 Å². The number of nitrogens with one attached hydrogen (secondary N) is 1. The summed E-state index contributed by atoms with van der Waals surface area (Å²) in [5.41, 5.74) is 6.75. The summed E-state index contributed by atoms with van der Waals surface area (Å²) in [5.74, 6) is 0. The number of tetrazole rings is 1. The molecule has 0 amide bonds. The Morgan fingerprint density at radius 2 is 1.75 bits per heavy atom. The highest BCUT2D eigenvalue weighted by molar-refractivity contribution is 5.84. The molecule has 120 valence electrons. The van der Waals surface area contributed by atoms with Crippen LogP contribution in [0.15, 0.2) is 48.5 Å². The van der Waals surface area contributed by atoms with Crippen LogP contribution >= 0.6 is 0 Å². The quantitative estimate of drug-likeness (QED) is 0.628. The summed E-state index contributed by atoms with van der Waals surface area (Å²) in [4.78, 5) is 0. The number of hydrogen-bond donors (Lipinski definition) is 1. The van der Waals surface area contributed by atoms with E-state index in [2.05, 4.69) is 77.2 Å². The molecule has 4 rings (SSSR count). The van der Waals surface area contributed by atoms with E-state index >= 15 is 0 Å². The molecular formula is C19H19N5. The molecule has 4 aromatic rings. The van der Waals surface area contributed by atoms with Crippen molar-refractivity contribution in [2.45, 2.75) is 26.9 Å². The molecule has 2 heterocycles. The number of aromatic nitrogens is 4. The molecule has 0 spiro atoms. The van der Waals surface area contributed by atoms with Gasteiger partial charge in [0.15, 0.2) is 5.65 Å². The predicted molar refractivity (Wildman–Crippen MR) is 94.7 cm³/mol. The van der Waals surface area contributed by atoms with Crippen LogP contribution in [-0.2, 0) is 13.1 Å². The van der Waals surface area contributed by atoms with Crippen LogP contribution in [0.5, 0.6) is 0 Å². The van der Waals surface area contributed by atoms with Crippen LogP contribution in [0.4, 0.5) is 0 Å². The zero-order valence-corrected chi connectivity index (χ0v) is 13.8. The molecule has 5 heteroatoms. The Labute approximate surface area is 140 Å². The molecule has 5 nitrogen and oxygen atoms in total. The van der Waals surface area contributed by atoms with Gasteiger partial charge in [0.1, 0.15) is 0 Å². The summed E-state index contributed by atoms with van der Waals surface area (Å²) in [5, 5.41) is 16.9. The third kappa shape index (κ3) is 2.63. The van der Waals surface area contributed by atoms with Gasteiger partial charge < -0.3 is 5.32 Å². The fourth-order valence-corrected chi connectivity index (χ4v) is 2.99. The monoisotopic (exact) mass is 317 g/mol. The van der Waals surface area contributed by atoms with E-state index in [4.69, 9.17) is 0 Å². The van der Waals surface area contributed by atoms with Gasteiger partial charge in [-0.25, -0.2) is 0 Å². The van der Waals surface area contributed by atoms with Crippen LogP contribution < -0.4 is 5.32 Å². The maximum absolute atomic E-state index is 4.21. The Bertz CT molecular complexity index is 1000. The molecular weight excluding hydrogens is 298 g/mol. The van der Waals surface area contributed by atoms with E-state index in [9.17, 15) is 0 Å². The number of fused-ring (bicyclic) bond motifs is 3. The summed E-state index contributed by atoms with van der Waals surface area (Å²) in [7, 11) is 0. The first-order valence-electron chi connectivity index (χ1n) is 8.08. The molecule has 0 saturated heterocycles. The molecule has 0 aliphatic rings. The van der Waals surface area contributed by atoms with Crippen LogP contribution in [0.3, 0.4) is 0 Å². The molecule has 0 aliphatic heterocycles. The summed E-state index contributed by atoms with van der Waals surface area (Å²) in [6.07, 6.45) is 0. The first-order chi connectivity index (χ1) is 11.7. The summed E-state index contributed by atoms with van der Waals surface area (Å²) >= 11 is 0. The smallest absolute Gasteiger partial charge is 0.184 e. The number of pyridine rings is 1. The first kappa shape index (κ1) is 14.8. The average molecular weight is 317 g/mol. The second kappa shape index (κ2) is 6.02. The fraction of sp³-hybridized carbons (Fsp3) is 0.211. The van der Waals surface area contributed by atoms with Gasteiger partial charge >= 0.3 is 0 Å². The largest absolute Gasteiger partial charge is 0.308 e. The molecule has 2 aromatic carbocycles. The highest BCUT2D eigenvalue weighted by atomic mass is 15.5. The van der Waals surface area contributed by atoms with E-state index in [-0.39, 0.29) is 0 Å². The maximum Gasteiger partial charge on any atom is 0.184 e. The van der Waals surface area contributed by atoms with E-state index in [0.717, 1.165) is 35.2 Å². The lowest BCUT2D eigenvalue weighted by molar-refractivity contribution is 0.694. The van der Waals surface area contributed by atoms with Crippen molar-refractivity contribution in [2.24, 2.45) is 0 Å². The molecule has 0 bridgehead atoms. The highest BCUT2D eigenvalue weighted by Crippen LogP contribution is 2.22. The van der Waals surface area contributed by atoms with E-state index in [1.807, 2.05) is 10.6 Å². The zero-order chi connectivity index (χ0) is 16.5. The highest BCUT2D eigenvalue weighted by Gasteiger charge is 2.11. The van der Waals surface area contributed by atoms with Crippen molar-refractivity contribution < 1.29 is 0 Å². The summed E-state index contributed by atoms with van der Waals surface area (Å²) in [6.45, 7) is 5.79. The molecule has 0 aliphatic carbocycles. The van der Waals surface area contributed by atoms with Gasteiger partial charge in [-0.15, -0.1) is 5.10 Å². The topological polar surface area (TPSA) is 55.1 Å². The molecule has 0 unspecified atom stereocenters. The molecule has 1 N–H and O–H groups in total. The van der Waals surface area contributed by atoms with E-state index < -0.39 is 0 Å². The van der Waals surface area contributed by atoms with Crippen molar-refractivity contribution >= 4 is 16.6 Å². The summed E-state index contributed by atoms with van der Waals surface area (Å²) in [6, 6.07) is 16.9. The van der Waals surface area contributed by atoms with Crippen molar-refractivity contribution in [3.63, 3.8) is 0 Å². The summed E-state index contributed by atoms with van der Waals surface area (Å²) < 4.78 is 1.83. The van der Waals surface area contributed by atoms with Gasteiger partial charge in [0, 0.05) is 24.0 Å². The van der Waals surface area contributed by atoms with E-state index in [1.54, 1.807) is 0 Å². The Morgan fingerprint density at radius 1 is 0.958 bits per heavy atom. The minimum Gasteiger partial charge on any atom is -0.308 e.